The summed E-state index contributed by atoms with van der Waals surface area (Å²) >= 11 is -1.46. The van der Waals surface area contributed by atoms with E-state index in [-0.39, 0.29) is 23.1 Å². The van der Waals surface area contributed by atoms with Crippen molar-refractivity contribution in [3.05, 3.63) is 41.7 Å². The third kappa shape index (κ3) is 9.01. The maximum Gasteiger partial charge on any atom is 0.342 e. The maximum absolute atomic E-state index is 12.3. The number of nitrogens with one attached hydrogen (secondary N) is 2. The number of carbonyl (C=O) groups is 2. The molecule has 3 rings (SSSR count). The topological polar surface area (TPSA) is 183 Å². The SMILES string of the molecule is CC(=O)Oc1ccccc1C(=O)OCCn1cc(CCCCONc2nnc(NS(=O)[O-])s2)nn1. The number of rotatable bonds is 14. The lowest BCUT2D eigenvalue weighted by Gasteiger charge is -2.08. The number of hydrogen-bond donors (Lipinski definition) is 2. The number of ether oxygens (including phenoxy) is 2. The first kappa shape index (κ1) is 26.1. The molecule has 1 atom stereocenters. The third-order valence-electron chi connectivity index (χ3n) is 4.18. The third-order valence-corrected chi connectivity index (χ3v) is 5.41. The minimum Gasteiger partial charge on any atom is -0.755 e. The van der Waals surface area contributed by atoms with Crippen molar-refractivity contribution in [3.8, 4) is 5.75 Å². The Hall–Kier alpha value is -3.47. The zero-order valence-corrected chi connectivity index (χ0v) is 20.2. The van der Waals surface area contributed by atoms with Crippen LogP contribution in [0.25, 0.3) is 0 Å². The van der Waals surface area contributed by atoms with Crippen LogP contribution in [0.3, 0.4) is 0 Å². The van der Waals surface area contributed by atoms with Crippen molar-refractivity contribution in [2.24, 2.45) is 0 Å². The van der Waals surface area contributed by atoms with Crippen LogP contribution in [0.5, 0.6) is 5.75 Å². The van der Waals surface area contributed by atoms with Gasteiger partial charge in [-0.1, -0.05) is 28.7 Å². The summed E-state index contributed by atoms with van der Waals surface area (Å²) in [5, 5.41) is 15.9. The van der Waals surface area contributed by atoms with Gasteiger partial charge in [-0.2, -0.15) is 0 Å². The van der Waals surface area contributed by atoms with Crippen molar-refractivity contribution in [2.45, 2.75) is 32.7 Å². The van der Waals surface area contributed by atoms with Crippen molar-refractivity contribution < 1.29 is 32.7 Å². The van der Waals surface area contributed by atoms with E-state index >= 15 is 0 Å². The average Bonchev–Trinajstić information content (AvgIpc) is 3.45. The second-order valence-electron chi connectivity index (χ2n) is 6.86. The lowest BCUT2D eigenvalue weighted by atomic mass is 10.2. The van der Waals surface area contributed by atoms with Crippen LogP contribution in [-0.4, -0.2) is 59.1 Å². The van der Waals surface area contributed by atoms with Gasteiger partial charge in [-0.25, -0.2) is 15.0 Å². The van der Waals surface area contributed by atoms with E-state index in [9.17, 15) is 18.4 Å². The molecule has 2 aromatic heterocycles. The van der Waals surface area contributed by atoms with E-state index in [4.69, 9.17) is 14.3 Å². The lowest BCUT2D eigenvalue weighted by molar-refractivity contribution is -0.131. The fourth-order valence-electron chi connectivity index (χ4n) is 2.72. The molecule has 0 aliphatic carbocycles. The van der Waals surface area contributed by atoms with Crippen LogP contribution >= 0.6 is 11.3 Å². The Labute approximate surface area is 206 Å². The lowest BCUT2D eigenvalue weighted by Crippen LogP contribution is -2.14. The molecule has 3 aromatic rings. The van der Waals surface area contributed by atoms with Crippen LogP contribution in [0, 0.1) is 0 Å². The second kappa shape index (κ2) is 13.4. The summed E-state index contributed by atoms with van der Waals surface area (Å²) in [6.07, 6.45) is 3.98. The van der Waals surface area contributed by atoms with Gasteiger partial charge in [0.1, 0.15) is 17.9 Å². The number of benzene rings is 1. The highest BCUT2D eigenvalue weighted by atomic mass is 32.2. The minimum absolute atomic E-state index is 0.0725. The van der Waals surface area contributed by atoms with Crippen LogP contribution in [-0.2, 0) is 38.6 Å². The van der Waals surface area contributed by atoms with Gasteiger partial charge in [0.15, 0.2) is 0 Å². The zero-order chi connectivity index (χ0) is 25.0. The van der Waals surface area contributed by atoms with Gasteiger partial charge >= 0.3 is 11.9 Å². The van der Waals surface area contributed by atoms with E-state index in [0.717, 1.165) is 29.9 Å². The zero-order valence-electron chi connectivity index (χ0n) is 18.5. The van der Waals surface area contributed by atoms with Crippen molar-refractivity contribution >= 4 is 44.8 Å². The summed E-state index contributed by atoms with van der Waals surface area (Å²) < 4.78 is 35.0. The number of nitrogens with zero attached hydrogens (tertiary/aromatic N) is 5. The molecule has 0 radical (unpaired) electrons. The van der Waals surface area contributed by atoms with Crippen LogP contribution < -0.4 is 14.9 Å². The molecule has 0 saturated heterocycles. The first-order chi connectivity index (χ1) is 16.9. The Morgan fingerprint density at radius 3 is 2.74 bits per heavy atom. The molecule has 1 aromatic carbocycles. The van der Waals surface area contributed by atoms with Gasteiger partial charge in [0.2, 0.25) is 10.3 Å². The second-order valence-corrected chi connectivity index (χ2v) is 8.51. The molecular weight excluding hydrogens is 502 g/mol. The van der Waals surface area contributed by atoms with Gasteiger partial charge in [-0.15, -0.1) is 15.3 Å². The number of anilines is 2. The van der Waals surface area contributed by atoms with Crippen molar-refractivity contribution in [2.75, 3.05) is 23.4 Å². The Morgan fingerprint density at radius 1 is 1.14 bits per heavy atom. The largest absolute Gasteiger partial charge is 0.755 e. The van der Waals surface area contributed by atoms with E-state index < -0.39 is 23.2 Å². The van der Waals surface area contributed by atoms with Gasteiger partial charge < -0.3 is 14.0 Å². The van der Waals surface area contributed by atoms with Crippen LogP contribution in [0.4, 0.5) is 10.3 Å². The molecule has 1 unspecified atom stereocenters. The molecule has 0 bridgehead atoms. The van der Waals surface area contributed by atoms with Crippen molar-refractivity contribution in [3.63, 3.8) is 0 Å². The predicted molar refractivity (Wildman–Crippen MR) is 123 cm³/mol. The highest BCUT2D eigenvalue weighted by Crippen LogP contribution is 2.20. The molecule has 2 N–H and O–H groups in total. The number of para-hydroxylation sites is 1. The summed E-state index contributed by atoms with van der Waals surface area (Å²) in [5.74, 6) is -0.977. The van der Waals surface area contributed by atoms with Crippen molar-refractivity contribution in [1.82, 2.24) is 25.2 Å². The molecule has 2 heterocycles. The maximum atomic E-state index is 12.3. The standard InChI is InChI=1S/C19H23N7O7S2/c1-13(27)33-16-8-3-2-7-15(16)17(28)31-11-9-26-12-14(20-25-26)6-4-5-10-32-23-18-21-22-19(34-18)24-35(29)30/h2-3,7-8,12H,4-6,9-11H2,1H3,(H,21,23)(H,22,24)(H,29,30)/p-1. The van der Waals surface area contributed by atoms with E-state index in [1.54, 1.807) is 23.0 Å². The average molecular weight is 525 g/mol. The molecule has 14 nitrogen and oxygen atoms in total. The first-order valence-electron chi connectivity index (χ1n) is 10.3. The summed E-state index contributed by atoms with van der Waals surface area (Å²) in [7, 11) is 0. The number of unbranched alkanes of at least 4 members (excludes halogenated alkanes) is 1. The molecule has 0 amide bonds. The Kier molecular flexibility index (Phi) is 10.0. The van der Waals surface area contributed by atoms with Crippen LogP contribution in [0.1, 0.15) is 35.8 Å². The molecule has 0 aliphatic heterocycles. The van der Waals surface area contributed by atoms with Gasteiger partial charge in [-0.05, 0) is 31.4 Å². The van der Waals surface area contributed by atoms with Crippen molar-refractivity contribution in [1.29, 1.82) is 0 Å². The molecular formula is C19H22N7O7S2-. The molecule has 0 aliphatic rings. The molecule has 35 heavy (non-hydrogen) atoms. The van der Waals surface area contributed by atoms with Gasteiger partial charge in [-0.3, -0.25) is 18.6 Å². The van der Waals surface area contributed by atoms with Crippen LogP contribution in [0.2, 0.25) is 0 Å². The molecule has 188 valence electrons. The normalized spacial score (nSPS) is 11.6. The van der Waals surface area contributed by atoms with E-state index in [1.165, 1.54) is 19.1 Å². The Bertz CT molecular complexity index is 1150. The van der Waals surface area contributed by atoms with Gasteiger partial charge in [0.05, 0.1) is 18.8 Å². The summed E-state index contributed by atoms with van der Waals surface area (Å²) in [6, 6.07) is 6.35. The Balaban J connectivity index is 1.31. The molecule has 16 heteroatoms. The quantitative estimate of drug-likeness (QED) is 0.102. The first-order valence-corrected chi connectivity index (χ1v) is 12.2. The number of aromatic nitrogens is 5. The Morgan fingerprint density at radius 2 is 1.94 bits per heavy atom. The molecule has 0 fully saturated rings. The number of aryl methyl sites for hydroxylation is 1. The summed E-state index contributed by atoms with van der Waals surface area (Å²) in [5.41, 5.74) is 3.56. The van der Waals surface area contributed by atoms with Gasteiger partial charge in [0, 0.05) is 24.4 Å². The van der Waals surface area contributed by atoms with E-state index in [0.29, 0.717) is 24.7 Å². The number of carbonyl (C=O) groups excluding carboxylic acids is 2. The summed E-state index contributed by atoms with van der Waals surface area (Å²) in [4.78, 5) is 28.8. The fraction of sp³-hybridized carbons (Fsp3) is 0.368. The van der Waals surface area contributed by atoms with Gasteiger partial charge in [0.25, 0.3) is 0 Å². The number of hydrogen-bond acceptors (Lipinski definition) is 13. The fourth-order valence-corrected chi connectivity index (χ4v) is 3.72. The molecule has 0 saturated carbocycles. The summed E-state index contributed by atoms with van der Waals surface area (Å²) in [6.45, 7) is 2.05. The van der Waals surface area contributed by atoms with E-state index in [2.05, 4.69) is 30.7 Å². The smallest absolute Gasteiger partial charge is 0.342 e. The highest BCUT2D eigenvalue weighted by molar-refractivity contribution is 7.80. The molecule has 0 spiro atoms. The highest BCUT2D eigenvalue weighted by Gasteiger charge is 2.15. The monoisotopic (exact) mass is 524 g/mol. The minimum atomic E-state index is -2.46. The van der Waals surface area contributed by atoms with Crippen LogP contribution in [0.15, 0.2) is 30.5 Å². The van der Waals surface area contributed by atoms with E-state index in [1.807, 2.05) is 0 Å². The number of esters is 2. The predicted octanol–water partition coefficient (Wildman–Crippen LogP) is 1.48.